The minimum atomic E-state index is -0.673. The zero-order valence-corrected chi connectivity index (χ0v) is 23.7. The largest absolute Gasteiger partial charge is 0.497 e. The fourth-order valence-corrected chi connectivity index (χ4v) is 5.40. The zero-order valence-electron chi connectivity index (χ0n) is 22.9. The van der Waals surface area contributed by atoms with Gasteiger partial charge in [-0.15, -0.1) is 0 Å². The van der Waals surface area contributed by atoms with Crippen LogP contribution in [0.2, 0.25) is 0 Å². The molecule has 2 aliphatic rings. The normalized spacial score (nSPS) is 16.5. The molecule has 10 heteroatoms. The summed E-state index contributed by atoms with van der Waals surface area (Å²) in [6.07, 6.45) is 0.124. The van der Waals surface area contributed by atoms with Gasteiger partial charge in [0, 0.05) is 29.9 Å². The van der Waals surface area contributed by atoms with E-state index in [1.165, 1.54) is 11.8 Å². The highest BCUT2D eigenvalue weighted by Gasteiger charge is 2.43. The third kappa shape index (κ3) is 6.29. The number of hydrogen-bond donors (Lipinski definition) is 1. The van der Waals surface area contributed by atoms with Crippen LogP contribution in [0, 0.1) is 0 Å². The Hall–Kier alpha value is -3.76. The van der Waals surface area contributed by atoms with E-state index in [1.807, 2.05) is 71.8 Å². The highest BCUT2D eigenvalue weighted by molar-refractivity contribution is 8.16. The standard InChI is InChI=1S/C29H34N4O5S/c1-6-38-28(35)25-26(19-10-8-7-9-11-19)31-29-33(20(18-39-29)16-24(34)30-14-15-32(2)3)27(25)22-17-21(36-4)12-13-23(22)37-5/h7-13,17-18,27H,6,14-16H2,1-5H3,(H,30,34)/t27-/m1/s1. The summed E-state index contributed by atoms with van der Waals surface area (Å²) in [5, 5.41) is 5.55. The summed E-state index contributed by atoms with van der Waals surface area (Å²) < 4.78 is 16.9. The average molecular weight is 551 g/mol. The predicted octanol–water partition coefficient (Wildman–Crippen LogP) is 4.05. The molecule has 206 valence electrons. The first-order chi connectivity index (χ1) is 18.9. The van der Waals surface area contributed by atoms with Crippen LogP contribution in [0.5, 0.6) is 11.5 Å². The summed E-state index contributed by atoms with van der Waals surface area (Å²) in [5.41, 5.74) is 3.09. The summed E-state index contributed by atoms with van der Waals surface area (Å²) in [6, 6.07) is 14.4. The van der Waals surface area contributed by atoms with Crippen molar-refractivity contribution in [3.8, 4) is 11.5 Å². The molecule has 1 atom stereocenters. The van der Waals surface area contributed by atoms with Gasteiger partial charge in [-0.2, -0.15) is 0 Å². The van der Waals surface area contributed by atoms with E-state index in [9.17, 15) is 9.59 Å². The molecule has 2 aromatic carbocycles. The number of fused-ring (bicyclic) bond motifs is 1. The molecule has 1 amide bonds. The fourth-order valence-electron chi connectivity index (χ4n) is 4.48. The van der Waals surface area contributed by atoms with E-state index in [0.717, 1.165) is 17.8 Å². The second kappa shape index (κ2) is 12.9. The van der Waals surface area contributed by atoms with Gasteiger partial charge in [0.05, 0.1) is 44.6 Å². The topological polar surface area (TPSA) is 92.7 Å². The molecule has 0 bridgehead atoms. The van der Waals surface area contributed by atoms with Crippen LogP contribution in [-0.4, -0.2) is 74.9 Å². The lowest BCUT2D eigenvalue weighted by atomic mass is 9.90. The second-order valence-corrected chi connectivity index (χ2v) is 10.0. The predicted molar refractivity (Wildman–Crippen MR) is 153 cm³/mol. The first-order valence-electron chi connectivity index (χ1n) is 12.7. The Kier molecular flexibility index (Phi) is 9.32. The molecular weight excluding hydrogens is 516 g/mol. The first kappa shape index (κ1) is 28.3. The van der Waals surface area contributed by atoms with Crippen molar-refractivity contribution in [2.24, 2.45) is 4.99 Å². The molecule has 0 aliphatic carbocycles. The van der Waals surface area contributed by atoms with Gasteiger partial charge in [0.2, 0.25) is 5.91 Å². The van der Waals surface area contributed by atoms with Crippen LogP contribution in [0.4, 0.5) is 0 Å². The molecule has 2 aromatic rings. The number of carbonyl (C=O) groups excluding carboxylic acids is 2. The summed E-state index contributed by atoms with van der Waals surface area (Å²) in [6.45, 7) is 3.24. The van der Waals surface area contributed by atoms with E-state index < -0.39 is 12.0 Å². The lowest BCUT2D eigenvalue weighted by Crippen LogP contribution is -2.38. The maximum absolute atomic E-state index is 13.7. The Morgan fingerprint density at radius 2 is 1.87 bits per heavy atom. The Morgan fingerprint density at radius 1 is 1.10 bits per heavy atom. The Labute approximate surface area is 233 Å². The van der Waals surface area contributed by atoms with Gasteiger partial charge in [-0.05, 0) is 44.6 Å². The molecule has 9 nitrogen and oxygen atoms in total. The van der Waals surface area contributed by atoms with Crippen molar-refractivity contribution >= 4 is 34.5 Å². The zero-order chi connectivity index (χ0) is 27.9. The van der Waals surface area contributed by atoms with Crippen molar-refractivity contribution in [1.29, 1.82) is 0 Å². The van der Waals surface area contributed by atoms with Crippen LogP contribution in [0.3, 0.4) is 0 Å². The molecular formula is C29H34N4O5S. The summed E-state index contributed by atoms with van der Waals surface area (Å²) in [5.74, 6) is 0.582. The van der Waals surface area contributed by atoms with Crippen LogP contribution in [0.1, 0.15) is 30.5 Å². The van der Waals surface area contributed by atoms with Crippen molar-refractivity contribution in [1.82, 2.24) is 15.1 Å². The number of thioether (sulfide) groups is 1. The molecule has 39 heavy (non-hydrogen) atoms. The van der Waals surface area contributed by atoms with Crippen molar-refractivity contribution in [2.45, 2.75) is 19.4 Å². The number of hydrogen-bond acceptors (Lipinski definition) is 9. The molecule has 0 fully saturated rings. The van der Waals surface area contributed by atoms with Crippen molar-refractivity contribution < 1.29 is 23.8 Å². The molecule has 4 rings (SSSR count). The number of esters is 1. The average Bonchev–Trinajstić information content (AvgIpc) is 3.34. The quantitative estimate of drug-likeness (QED) is 0.419. The number of benzene rings is 2. The van der Waals surface area contributed by atoms with Crippen molar-refractivity contribution in [3.05, 3.63) is 76.3 Å². The molecule has 0 aromatic heterocycles. The van der Waals surface area contributed by atoms with E-state index >= 15 is 0 Å². The highest BCUT2D eigenvalue weighted by atomic mass is 32.2. The van der Waals surface area contributed by atoms with Crippen LogP contribution in [0.15, 0.2) is 70.2 Å². The van der Waals surface area contributed by atoms with Gasteiger partial charge < -0.3 is 29.3 Å². The molecule has 2 aliphatic heterocycles. The van der Waals surface area contributed by atoms with Gasteiger partial charge in [0.25, 0.3) is 0 Å². The Morgan fingerprint density at radius 3 is 2.54 bits per heavy atom. The highest BCUT2D eigenvalue weighted by Crippen LogP contribution is 2.49. The molecule has 0 spiro atoms. The lowest BCUT2D eigenvalue weighted by Gasteiger charge is -2.37. The number of likely N-dealkylation sites (N-methyl/N-ethyl adjacent to an activating group) is 1. The lowest BCUT2D eigenvalue weighted by molar-refractivity contribution is -0.139. The molecule has 0 unspecified atom stereocenters. The number of aliphatic imine (C=N–C) groups is 1. The number of methoxy groups -OCH3 is 2. The molecule has 2 heterocycles. The van der Waals surface area contributed by atoms with E-state index in [1.54, 1.807) is 27.2 Å². The van der Waals surface area contributed by atoms with Gasteiger partial charge in [-0.25, -0.2) is 9.79 Å². The maximum atomic E-state index is 13.7. The smallest absolute Gasteiger partial charge is 0.338 e. The third-order valence-corrected chi connectivity index (χ3v) is 7.20. The molecule has 1 N–H and O–H groups in total. The monoisotopic (exact) mass is 550 g/mol. The van der Waals surface area contributed by atoms with Crippen LogP contribution < -0.4 is 14.8 Å². The van der Waals surface area contributed by atoms with Gasteiger partial charge in [-0.1, -0.05) is 42.1 Å². The number of amides is 1. The number of nitrogens with one attached hydrogen (secondary N) is 1. The Balaban J connectivity index is 1.86. The molecule has 0 radical (unpaired) electrons. The number of carbonyl (C=O) groups is 2. The first-order valence-corrected chi connectivity index (χ1v) is 13.6. The van der Waals surface area contributed by atoms with Gasteiger partial charge in [-0.3, -0.25) is 4.79 Å². The Bertz CT molecular complexity index is 1310. The van der Waals surface area contributed by atoms with Crippen LogP contribution >= 0.6 is 11.8 Å². The summed E-state index contributed by atoms with van der Waals surface area (Å²) in [4.78, 5) is 35.5. The number of nitrogens with zero attached hydrogens (tertiary/aromatic N) is 3. The second-order valence-electron chi connectivity index (χ2n) is 9.18. The minimum absolute atomic E-state index is 0.114. The van der Waals surface area contributed by atoms with Gasteiger partial charge in [0.1, 0.15) is 11.5 Å². The van der Waals surface area contributed by atoms with Crippen LogP contribution in [0.25, 0.3) is 5.70 Å². The molecule has 0 saturated heterocycles. The fraction of sp³-hybridized carbons (Fsp3) is 0.345. The summed E-state index contributed by atoms with van der Waals surface area (Å²) in [7, 11) is 7.09. The SMILES string of the molecule is CCOC(=O)C1=C(c2ccccc2)N=C2SC=C(CC(=O)NCCN(C)C)N2[C@@H]1c1cc(OC)ccc1OC. The number of ether oxygens (including phenoxy) is 3. The number of amidine groups is 1. The maximum Gasteiger partial charge on any atom is 0.338 e. The third-order valence-electron chi connectivity index (χ3n) is 6.31. The van der Waals surface area contributed by atoms with E-state index in [4.69, 9.17) is 19.2 Å². The van der Waals surface area contributed by atoms with Gasteiger partial charge in [0.15, 0.2) is 5.17 Å². The van der Waals surface area contributed by atoms with Crippen molar-refractivity contribution in [3.63, 3.8) is 0 Å². The number of rotatable bonds is 11. The minimum Gasteiger partial charge on any atom is -0.497 e. The van der Waals surface area contributed by atoms with Crippen molar-refractivity contribution in [2.75, 3.05) is 48.0 Å². The van der Waals surface area contributed by atoms with E-state index in [0.29, 0.717) is 40.0 Å². The van der Waals surface area contributed by atoms with E-state index in [2.05, 4.69) is 5.32 Å². The van der Waals surface area contributed by atoms with E-state index in [-0.39, 0.29) is 18.9 Å². The summed E-state index contributed by atoms with van der Waals surface area (Å²) >= 11 is 1.42. The van der Waals surface area contributed by atoms with Gasteiger partial charge >= 0.3 is 5.97 Å². The molecule has 0 saturated carbocycles. The van der Waals surface area contributed by atoms with Crippen LogP contribution in [-0.2, 0) is 14.3 Å².